The standard InChI is InChI=1S/C17H24N4O2/c1-4-18-17(21-12-15-6-5-9-22-15)20-11-14-7-8-16(19-10-14)23-13(2)3/h5-10,13H,4,11-12H2,1-3H3,(H2,18,20,21). The SMILES string of the molecule is CCNC(=NCc1ccc(OC(C)C)nc1)NCc1ccco1. The number of hydrogen-bond donors (Lipinski definition) is 2. The molecule has 0 aliphatic carbocycles. The molecule has 0 atom stereocenters. The first kappa shape index (κ1) is 16.9. The molecule has 6 nitrogen and oxygen atoms in total. The molecule has 6 heteroatoms. The summed E-state index contributed by atoms with van der Waals surface area (Å²) < 4.78 is 10.8. The summed E-state index contributed by atoms with van der Waals surface area (Å²) in [6, 6.07) is 7.64. The minimum atomic E-state index is 0.123. The van der Waals surface area contributed by atoms with Crippen molar-refractivity contribution in [1.29, 1.82) is 0 Å². The van der Waals surface area contributed by atoms with Crippen LogP contribution in [0.25, 0.3) is 0 Å². The molecule has 2 N–H and O–H groups in total. The Morgan fingerprint density at radius 2 is 2.17 bits per heavy atom. The maximum atomic E-state index is 5.53. The van der Waals surface area contributed by atoms with Crippen molar-refractivity contribution in [3.8, 4) is 5.88 Å². The van der Waals surface area contributed by atoms with Crippen LogP contribution < -0.4 is 15.4 Å². The molecule has 0 amide bonds. The second-order valence-electron chi connectivity index (χ2n) is 5.30. The highest BCUT2D eigenvalue weighted by atomic mass is 16.5. The molecular formula is C17H24N4O2. The van der Waals surface area contributed by atoms with E-state index >= 15 is 0 Å². The number of rotatable bonds is 7. The molecule has 0 saturated carbocycles. The molecule has 2 heterocycles. The predicted octanol–water partition coefficient (Wildman–Crippen LogP) is 2.72. The normalized spacial score (nSPS) is 11.6. The predicted molar refractivity (Wildman–Crippen MR) is 90.4 cm³/mol. The first-order valence-corrected chi connectivity index (χ1v) is 7.83. The van der Waals surface area contributed by atoms with Gasteiger partial charge in [-0.25, -0.2) is 9.98 Å². The van der Waals surface area contributed by atoms with Gasteiger partial charge in [-0.1, -0.05) is 6.07 Å². The Balaban J connectivity index is 1.91. The largest absolute Gasteiger partial charge is 0.475 e. The van der Waals surface area contributed by atoms with Gasteiger partial charge in [0.15, 0.2) is 5.96 Å². The molecule has 0 saturated heterocycles. The van der Waals surface area contributed by atoms with E-state index in [-0.39, 0.29) is 6.10 Å². The van der Waals surface area contributed by atoms with Crippen LogP contribution in [0.2, 0.25) is 0 Å². The van der Waals surface area contributed by atoms with Gasteiger partial charge in [0.25, 0.3) is 0 Å². The number of nitrogens with one attached hydrogen (secondary N) is 2. The summed E-state index contributed by atoms with van der Waals surface area (Å²) in [7, 11) is 0. The minimum absolute atomic E-state index is 0.123. The van der Waals surface area contributed by atoms with Crippen molar-refractivity contribution in [3.63, 3.8) is 0 Å². The van der Waals surface area contributed by atoms with Crippen molar-refractivity contribution < 1.29 is 9.15 Å². The number of ether oxygens (including phenoxy) is 1. The number of guanidine groups is 1. The van der Waals surface area contributed by atoms with Crippen LogP contribution in [0.1, 0.15) is 32.1 Å². The Kier molecular flexibility index (Phi) is 6.47. The van der Waals surface area contributed by atoms with Gasteiger partial charge in [0.05, 0.1) is 25.5 Å². The molecule has 0 spiro atoms. The van der Waals surface area contributed by atoms with E-state index in [0.29, 0.717) is 19.0 Å². The monoisotopic (exact) mass is 316 g/mol. The second kappa shape index (κ2) is 8.82. The summed E-state index contributed by atoms with van der Waals surface area (Å²) in [6.07, 6.45) is 3.57. The number of nitrogens with zero attached hydrogens (tertiary/aromatic N) is 2. The van der Waals surface area contributed by atoms with E-state index < -0.39 is 0 Å². The smallest absolute Gasteiger partial charge is 0.213 e. The summed E-state index contributed by atoms with van der Waals surface area (Å²) in [5.74, 6) is 2.24. The van der Waals surface area contributed by atoms with Gasteiger partial charge in [-0.15, -0.1) is 0 Å². The van der Waals surface area contributed by atoms with E-state index in [0.717, 1.165) is 23.8 Å². The van der Waals surface area contributed by atoms with E-state index in [4.69, 9.17) is 9.15 Å². The van der Waals surface area contributed by atoms with Gasteiger partial charge in [-0.2, -0.15) is 0 Å². The van der Waals surface area contributed by atoms with E-state index in [2.05, 4.69) is 20.6 Å². The van der Waals surface area contributed by atoms with Gasteiger partial charge in [0, 0.05) is 18.8 Å². The lowest BCUT2D eigenvalue weighted by molar-refractivity contribution is 0.232. The molecule has 0 aliphatic rings. The zero-order valence-corrected chi connectivity index (χ0v) is 13.9. The van der Waals surface area contributed by atoms with Crippen molar-refractivity contribution in [1.82, 2.24) is 15.6 Å². The summed E-state index contributed by atoms with van der Waals surface area (Å²) in [5.41, 5.74) is 1.02. The highest BCUT2D eigenvalue weighted by Crippen LogP contribution is 2.10. The maximum Gasteiger partial charge on any atom is 0.213 e. The van der Waals surface area contributed by atoms with Crippen LogP contribution in [-0.2, 0) is 13.1 Å². The quantitative estimate of drug-likeness (QED) is 0.607. The first-order valence-electron chi connectivity index (χ1n) is 7.83. The zero-order chi connectivity index (χ0) is 16.5. The average Bonchev–Trinajstić information content (AvgIpc) is 3.04. The minimum Gasteiger partial charge on any atom is -0.475 e. The Bertz CT molecular complexity index is 592. The van der Waals surface area contributed by atoms with Gasteiger partial charge in [-0.3, -0.25) is 0 Å². The van der Waals surface area contributed by atoms with Crippen LogP contribution in [0.5, 0.6) is 5.88 Å². The fourth-order valence-corrected chi connectivity index (χ4v) is 1.91. The van der Waals surface area contributed by atoms with Crippen molar-refractivity contribution in [3.05, 3.63) is 48.0 Å². The van der Waals surface area contributed by atoms with E-state index in [9.17, 15) is 0 Å². The van der Waals surface area contributed by atoms with Crippen molar-refractivity contribution >= 4 is 5.96 Å². The molecule has 0 aromatic carbocycles. The van der Waals surface area contributed by atoms with Crippen LogP contribution in [-0.4, -0.2) is 23.6 Å². The molecule has 2 aromatic heterocycles. The summed E-state index contributed by atoms with van der Waals surface area (Å²) in [4.78, 5) is 8.83. The Labute approximate surface area is 137 Å². The van der Waals surface area contributed by atoms with E-state index in [1.165, 1.54) is 0 Å². The number of pyridine rings is 1. The molecule has 124 valence electrons. The molecule has 0 aliphatic heterocycles. The van der Waals surface area contributed by atoms with Crippen LogP contribution >= 0.6 is 0 Å². The van der Waals surface area contributed by atoms with Gasteiger partial charge in [-0.05, 0) is 38.5 Å². The number of furan rings is 1. The van der Waals surface area contributed by atoms with Crippen LogP contribution in [0.15, 0.2) is 46.1 Å². The van der Waals surface area contributed by atoms with Crippen molar-refractivity contribution in [2.75, 3.05) is 6.54 Å². The molecule has 0 radical (unpaired) electrons. The van der Waals surface area contributed by atoms with Crippen molar-refractivity contribution in [2.45, 2.75) is 40.0 Å². The van der Waals surface area contributed by atoms with Crippen LogP contribution in [0.3, 0.4) is 0 Å². The maximum absolute atomic E-state index is 5.53. The fraction of sp³-hybridized carbons (Fsp3) is 0.412. The zero-order valence-electron chi connectivity index (χ0n) is 13.9. The molecule has 2 aromatic rings. The lowest BCUT2D eigenvalue weighted by Crippen LogP contribution is -2.36. The summed E-state index contributed by atoms with van der Waals surface area (Å²) in [5, 5.41) is 6.44. The van der Waals surface area contributed by atoms with E-state index in [1.807, 2.05) is 45.0 Å². The van der Waals surface area contributed by atoms with Crippen molar-refractivity contribution in [2.24, 2.45) is 4.99 Å². The molecular weight excluding hydrogens is 292 g/mol. The third-order valence-corrected chi connectivity index (χ3v) is 2.93. The number of aliphatic imine (C=N–C) groups is 1. The lowest BCUT2D eigenvalue weighted by atomic mass is 10.3. The Hall–Kier alpha value is -2.50. The Morgan fingerprint density at radius 3 is 2.78 bits per heavy atom. The fourth-order valence-electron chi connectivity index (χ4n) is 1.91. The third-order valence-electron chi connectivity index (χ3n) is 2.93. The molecule has 23 heavy (non-hydrogen) atoms. The Morgan fingerprint density at radius 1 is 1.30 bits per heavy atom. The summed E-state index contributed by atoms with van der Waals surface area (Å²) >= 11 is 0. The summed E-state index contributed by atoms with van der Waals surface area (Å²) in [6.45, 7) is 7.92. The number of aromatic nitrogens is 1. The highest BCUT2D eigenvalue weighted by molar-refractivity contribution is 5.79. The topological polar surface area (TPSA) is 71.7 Å². The lowest BCUT2D eigenvalue weighted by Gasteiger charge is -2.10. The second-order valence-corrected chi connectivity index (χ2v) is 5.30. The molecule has 0 bridgehead atoms. The van der Waals surface area contributed by atoms with Gasteiger partial charge in [0.2, 0.25) is 5.88 Å². The average molecular weight is 316 g/mol. The number of hydrogen-bond acceptors (Lipinski definition) is 4. The molecule has 0 unspecified atom stereocenters. The molecule has 0 fully saturated rings. The van der Waals surface area contributed by atoms with Gasteiger partial charge < -0.3 is 19.8 Å². The molecule has 2 rings (SSSR count). The highest BCUT2D eigenvalue weighted by Gasteiger charge is 2.02. The third kappa shape index (κ3) is 6.02. The van der Waals surface area contributed by atoms with E-state index in [1.54, 1.807) is 12.5 Å². The van der Waals surface area contributed by atoms with Crippen LogP contribution in [0.4, 0.5) is 0 Å². The van der Waals surface area contributed by atoms with Gasteiger partial charge in [0.1, 0.15) is 5.76 Å². The van der Waals surface area contributed by atoms with Crippen LogP contribution in [0, 0.1) is 0 Å². The first-order chi connectivity index (χ1) is 11.2. The van der Waals surface area contributed by atoms with Gasteiger partial charge >= 0.3 is 0 Å².